The van der Waals surface area contributed by atoms with Crippen molar-refractivity contribution in [3.05, 3.63) is 57.8 Å². The van der Waals surface area contributed by atoms with Crippen molar-refractivity contribution in [3.63, 3.8) is 0 Å². The molecule has 2 N–H and O–H groups in total. The second-order valence-corrected chi connectivity index (χ2v) is 5.61. The third kappa shape index (κ3) is 3.95. The number of aliphatic hydroxyl groups is 1. The molecule has 21 heavy (non-hydrogen) atoms. The third-order valence-corrected chi connectivity index (χ3v) is 3.84. The largest absolute Gasteiger partial charge is 0.497 e. The van der Waals surface area contributed by atoms with Crippen LogP contribution < -0.4 is 10.1 Å². The highest BCUT2D eigenvalue weighted by Gasteiger charge is 2.10. The molecule has 3 nitrogen and oxygen atoms in total. The zero-order valence-corrected chi connectivity index (χ0v) is 13.4. The number of aryl methyl sites for hydroxylation is 1. The van der Waals surface area contributed by atoms with Gasteiger partial charge < -0.3 is 15.2 Å². The molecule has 0 spiro atoms. The van der Waals surface area contributed by atoms with E-state index in [0.29, 0.717) is 16.8 Å². The molecular formula is C16H17BrFNO2. The fraction of sp³-hybridized carbons (Fsp3) is 0.250. The number of halogens is 2. The lowest BCUT2D eigenvalue weighted by molar-refractivity contribution is 0.191. The monoisotopic (exact) mass is 353 g/mol. The predicted molar refractivity (Wildman–Crippen MR) is 85.3 cm³/mol. The molecule has 0 aliphatic carbocycles. The molecule has 2 aromatic rings. The van der Waals surface area contributed by atoms with E-state index < -0.39 is 6.10 Å². The van der Waals surface area contributed by atoms with Gasteiger partial charge in [-0.15, -0.1) is 0 Å². The van der Waals surface area contributed by atoms with Gasteiger partial charge in [-0.2, -0.15) is 0 Å². The maximum Gasteiger partial charge on any atom is 0.137 e. The van der Waals surface area contributed by atoms with Gasteiger partial charge in [0.05, 0.1) is 17.7 Å². The molecular weight excluding hydrogens is 337 g/mol. The first kappa shape index (κ1) is 15.8. The topological polar surface area (TPSA) is 41.5 Å². The molecule has 0 bridgehead atoms. The fourth-order valence-electron chi connectivity index (χ4n) is 2.01. The van der Waals surface area contributed by atoms with Gasteiger partial charge in [0.25, 0.3) is 0 Å². The number of rotatable bonds is 5. The molecule has 0 amide bonds. The fourth-order valence-corrected chi connectivity index (χ4v) is 2.35. The summed E-state index contributed by atoms with van der Waals surface area (Å²) in [5.41, 5.74) is 2.33. The Morgan fingerprint density at radius 2 is 2.10 bits per heavy atom. The van der Waals surface area contributed by atoms with Crippen molar-refractivity contribution in [1.29, 1.82) is 0 Å². The van der Waals surface area contributed by atoms with Gasteiger partial charge in [0.15, 0.2) is 0 Å². The Labute approximate surface area is 131 Å². The molecule has 0 saturated heterocycles. The number of aliphatic hydroxyl groups excluding tert-OH is 1. The molecule has 1 unspecified atom stereocenters. The van der Waals surface area contributed by atoms with Crippen molar-refractivity contribution in [3.8, 4) is 5.75 Å². The summed E-state index contributed by atoms with van der Waals surface area (Å²) in [6, 6.07) is 10.4. The van der Waals surface area contributed by atoms with E-state index in [-0.39, 0.29) is 5.82 Å². The van der Waals surface area contributed by atoms with Crippen LogP contribution in [0.2, 0.25) is 0 Å². The number of anilines is 1. The molecule has 1 atom stereocenters. The van der Waals surface area contributed by atoms with Crippen molar-refractivity contribution in [2.75, 3.05) is 19.0 Å². The number of benzene rings is 2. The third-order valence-electron chi connectivity index (χ3n) is 3.23. The Bertz CT molecular complexity index is 634. The summed E-state index contributed by atoms with van der Waals surface area (Å²) in [5.74, 6) is 0.402. The molecule has 0 aliphatic rings. The minimum Gasteiger partial charge on any atom is -0.497 e. The van der Waals surface area contributed by atoms with E-state index in [1.165, 1.54) is 6.07 Å². The molecule has 2 rings (SSSR count). The molecule has 112 valence electrons. The van der Waals surface area contributed by atoms with Crippen LogP contribution in [-0.2, 0) is 0 Å². The van der Waals surface area contributed by atoms with Crippen LogP contribution >= 0.6 is 15.9 Å². The predicted octanol–water partition coefficient (Wildman–Crippen LogP) is 4.05. The summed E-state index contributed by atoms with van der Waals surface area (Å²) in [5, 5.41) is 13.3. The molecule has 0 radical (unpaired) electrons. The Hall–Kier alpha value is -1.59. The maximum atomic E-state index is 13.4. The highest BCUT2D eigenvalue weighted by molar-refractivity contribution is 9.10. The van der Waals surface area contributed by atoms with Gasteiger partial charge in [-0.1, -0.05) is 12.1 Å². The van der Waals surface area contributed by atoms with Crippen LogP contribution in [0, 0.1) is 12.7 Å². The molecule has 0 aromatic heterocycles. The van der Waals surface area contributed by atoms with E-state index in [1.54, 1.807) is 19.2 Å². The average molecular weight is 354 g/mol. The Morgan fingerprint density at radius 3 is 2.81 bits per heavy atom. The van der Waals surface area contributed by atoms with Gasteiger partial charge in [0.2, 0.25) is 0 Å². The van der Waals surface area contributed by atoms with E-state index in [2.05, 4.69) is 21.2 Å². The van der Waals surface area contributed by atoms with E-state index in [4.69, 9.17) is 4.74 Å². The highest BCUT2D eigenvalue weighted by atomic mass is 79.9. The highest BCUT2D eigenvalue weighted by Crippen LogP contribution is 2.25. The van der Waals surface area contributed by atoms with Crippen LogP contribution in [-0.4, -0.2) is 18.8 Å². The first-order valence-corrected chi connectivity index (χ1v) is 7.32. The summed E-state index contributed by atoms with van der Waals surface area (Å²) in [6.45, 7) is 2.14. The lowest BCUT2D eigenvalue weighted by Crippen LogP contribution is -2.13. The quantitative estimate of drug-likeness (QED) is 0.851. The van der Waals surface area contributed by atoms with Crippen molar-refractivity contribution < 1.29 is 14.2 Å². The first-order chi connectivity index (χ1) is 10.0. The second kappa shape index (κ2) is 6.91. The Balaban J connectivity index is 2.07. The first-order valence-electron chi connectivity index (χ1n) is 6.53. The van der Waals surface area contributed by atoms with E-state index in [9.17, 15) is 9.50 Å². The van der Waals surface area contributed by atoms with Crippen molar-refractivity contribution in [2.45, 2.75) is 13.0 Å². The van der Waals surface area contributed by atoms with Gasteiger partial charge in [-0.25, -0.2) is 4.39 Å². The second-order valence-electron chi connectivity index (χ2n) is 4.75. The van der Waals surface area contributed by atoms with Crippen molar-refractivity contribution in [1.82, 2.24) is 0 Å². The SMILES string of the molecule is COc1cccc(C(O)CNc2cc(Br)c(F)cc2C)c1. The number of nitrogens with one attached hydrogen (secondary N) is 1. The van der Waals surface area contributed by atoms with E-state index in [0.717, 1.165) is 16.8 Å². The summed E-state index contributed by atoms with van der Waals surface area (Å²) in [6.07, 6.45) is -0.677. The molecule has 0 fully saturated rings. The lowest BCUT2D eigenvalue weighted by atomic mass is 10.1. The smallest absolute Gasteiger partial charge is 0.137 e. The van der Waals surface area contributed by atoms with Crippen LogP contribution in [0.5, 0.6) is 5.75 Å². The number of hydrogen-bond acceptors (Lipinski definition) is 3. The maximum absolute atomic E-state index is 13.4. The molecule has 0 saturated carbocycles. The van der Waals surface area contributed by atoms with Crippen LogP contribution in [0.25, 0.3) is 0 Å². The van der Waals surface area contributed by atoms with Gasteiger partial charge in [0, 0.05) is 12.2 Å². The minimum absolute atomic E-state index is 0.300. The van der Waals surface area contributed by atoms with E-state index >= 15 is 0 Å². The molecule has 5 heteroatoms. The average Bonchev–Trinajstić information content (AvgIpc) is 2.49. The Kier molecular flexibility index (Phi) is 5.20. The number of hydrogen-bond donors (Lipinski definition) is 2. The van der Waals surface area contributed by atoms with Crippen LogP contribution in [0.15, 0.2) is 40.9 Å². The van der Waals surface area contributed by atoms with Crippen molar-refractivity contribution >= 4 is 21.6 Å². The summed E-state index contributed by atoms with van der Waals surface area (Å²) >= 11 is 3.16. The van der Waals surface area contributed by atoms with Gasteiger partial charge in [0.1, 0.15) is 11.6 Å². The number of ether oxygens (including phenoxy) is 1. The normalized spacial score (nSPS) is 12.0. The van der Waals surface area contributed by atoms with Crippen LogP contribution in [0.1, 0.15) is 17.2 Å². The van der Waals surface area contributed by atoms with Crippen LogP contribution in [0.4, 0.5) is 10.1 Å². The minimum atomic E-state index is -0.677. The zero-order chi connectivity index (χ0) is 15.4. The van der Waals surface area contributed by atoms with E-state index in [1.807, 2.05) is 25.1 Å². The summed E-state index contributed by atoms with van der Waals surface area (Å²) in [7, 11) is 1.59. The summed E-state index contributed by atoms with van der Waals surface area (Å²) in [4.78, 5) is 0. The molecule has 2 aromatic carbocycles. The van der Waals surface area contributed by atoms with Crippen molar-refractivity contribution in [2.24, 2.45) is 0 Å². The van der Waals surface area contributed by atoms with Gasteiger partial charge in [-0.05, 0) is 58.2 Å². The lowest BCUT2D eigenvalue weighted by Gasteiger charge is -2.16. The Morgan fingerprint density at radius 1 is 1.33 bits per heavy atom. The zero-order valence-electron chi connectivity index (χ0n) is 11.9. The standard InChI is InChI=1S/C16H17BrFNO2/c1-10-6-14(18)13(17)8-15(10)19-9-16(20)11-4-3-5-12(7-11)21-2/h3-8,16,19-20H,9H2,1-2H3. The number of methoxy groups -OCH3 is 1. The van der Waals surface area contributed by atoms with Gasteiger partial charge >= 0.3 is 0 Å². The van der Waals surface area contributed by atoms with Gasteiger partial charge in [-0.3, -0.25) is 0 Å². The molecule has 0 heterocycles. The summed E-state index contributed by atoms with van der Waals surface area (Å²) < 4.78 is 18.9. The molecule has 0 aliphatic heterocycles. The van der Waals surface area contributed by atoms with Crippen LogP contribution in [0.3, 0.4) is 0 Å².